The first-order valence-electron chi connectivity index (χ1n) is 4.10. The summed E-state index contributed by atoms with van der Waals surface area (Å²) in [5, 5.41) is 0. The molecule has 0 heterocycles. The Morgan fingerprint density at radius 2 is 1.94 bits per heavy atom. The average molecular weight is 250 g/mol. The van der Waals surface area contributed by atoms with Gasteiger partial charge in [0.25, 0.3) is 0 Å². The van der Waals surface area contributed by atoms with Gasteiger partial charge in [-0.05, 0) is 24.6 Å². The lowest BCUT2D eigenvalue weighted by atomic mass is 10.1. The smallest absolute Gasteiger partial charge is 0.338 e. The quantitative estimate of drug-likeness (QED) is 0.590. The molecule has 88 valence electrons. The Morgan fingerprint density at radius 3 is 2.38 bits per heavy atom. The molecule has 16 heavy (non-hydrogen) atoms. The minimum absolute atomic E-state index is 0.164. The van der Waals surface area contributed by atoms with Crippen molar-refractivity contribution in [1.82, 2.24) is 0 Å². The lowest BCUT2D eigenvalue weighted by Crippen LogP contribution is -2.07. The zero-order valence-electron chi connectivity index (χ0n) is 8.45. The van der Waals surface area contributed by atoms with Crippen molar-refractivity contribution in [2.75, 3.05) is 7.11 Å². The second-order valence-corrected chi connectivity index (χ2v) is 4.34. The number of hydrogen-bond acceptors (Lipinski definition) is 4. The molecule has 0 aromatic heterocycles. The zero-order valence-corrected chi connectivity index (χ0v) is 9.27. The van der Waals surface area contributed by atoms with E-state index in [1.807, 2.05) is 0 Å². The fourth-order valence-corrected chi connectivity index (χ4v) is 1.72. The van der Waals surface area contributed by atoms with E-state index in [9.17, 15) is 21.5 Å². The maximum atomic E-state index is 13.1. The fourth-order valence-electron chi connectivity index (χ4n) is 1.17. The highest BCUT2D eigenvalue weighted by atomic mass is 32.3. The van der Waals surface area contributed by atoms with Crippen LogP contribution in [0.2, 0.25) is 0 Å². The van der Waals surface area contributed by atoms with Gasteiger partial charge in [0.1, 0.15) is 10.7 Å². The standard InChI is InChI=1S/C9H8F2O4S/c1-5-3-7(10)8(16(11,13)14)4-6(5)9(12)15-2/h3-4H,1-2H3. The van der Waals surface area contributed by atoms with Gasteiger partial charge >= 0.3 is 16.2 Å². The number of carbonyl (C=O) groups is 1. The number of carbonyl (C=O) groups excluding carboxylic acids is 1. The van der Waals surface area contributed by atoms with Gasteiger partial charge < -0.3 is 4.74 Å². The summed E-state index contributed by atoms with van der Waals surface area (Å²) in [7, 11) is -4.12. The Labute approximate surface area is 91.1 Å². The lowest BCUT2D eigenvalue weighted by molar-refractivity contribution is 0.0599. The van der Waals surface area contributed by atoms with Gasteiger partial charge in [-0.25, -0.2) is 9.18 Å². The van der Waals surface area contributed by atoms with Crippen LogP contribution in [0.4, 0.5) is 8.28 Å². The number of halogens is 2. The normalized spacial score (nSPS) is 11.2. The Kier molecular flexibility index (Phi) is 3.27. The van der Waals surface area contributed by atoms with Crippen molar-refractivity contribution in [3.05, 3.63) is 29.1 Å². The van der Waals surface area contributed by atoms with Crippen LogP contribution in [0.5, 0.6) is 0 Å². The number of rotatable bonds is 2. The minimum atomic E-state index is -5.20. The molecule has 1 aromatic carbocycles. The average Bonchev–Trinajstić information content (AvgIpc) is 2.14. The van der Waals surface area contributed by atoms with Crippen LogP contribution in [0.1, 0.15) is 15.9 Å². The number of esters is 1. The third kappa shape index (κ3) is 2.35. The van der Waals surface area contributed by atoms with Crippen molar-refractivity contribution >= 4 is 16.2 Å². The molecule has 0 radical (unpaired) electrons. The lowest BCUT2D eigenvalue weighted by Gasteiger charge is -2.06. The summed E-state index contributed by atoms with van der Waals surface area (Å²) < 4.78 is 51.2. The van der Waals surface area contributed by atoms with Gasteiger partial charge in [0.05, 0.1) is 12.7 Å². The number of aryl methyl sites for hydroxylation is 1. The largest absolute Gasteiger partial charge is 0.465 e. The van der Waals surface area contributed by atoms with Crippen molar-refractivity contribution < 1.29 is 26.2 Å². The van der Waals surface area contributed by atoms with Crippen LogP contribution >= 0.6 is 0 Å². The summed E-state index contributed by atoms with van der Waals surface area (Å²) in [4.78, 5) is 9.99. The van der Waals surface area contributed by atoms with Crippen LogP contribution in [-0.2, 0) is 15.0 Å². The van der Waals surface area contributed by atoms with Gasteiger partial charge in [0.15, 0.2) is 0 Å². The third-order valence-corrected chi connectivity index (χ3v) is 2.79. The molecular formula is C9H8F2O4S. The molecule has 0 aliphatic carbocycles. The van der Waals surface area contributed by atoms with Crippen molar-refractivity contribution in [3.63, 3.8) is 0 Å². The van der Waals surface area contributed by atoms with E-state index in [0.29, 0.717) is 6.07 Å². The highest BCUT2D eigenvalue weighted by Gasteiger charge is 2.22. The Bertz CT molecular complexity index is 537. The minimum Gasteiger partial charge on any atom is -0.465 e. The Morgan fingerprint density at radius 1 is 1.38 bits per heavy atom. The SMILES string of the molecule is COC(=O)c1cc(S(=O)(=O)F)c(F)cc1C. The Hall–Kier alpha value is -1.50. The van der Waals surface area contributed by atoms with E-state index < -0.39 is 26.9 Å². The summed E-state index contributed by atoms with van der Waals surface area (Å²) in [6.45, 7) is 1.38. The van der Waals surface area contributed by atoms with E-state index in [1.165, 1.54) is 6.92 Å². The number of hydrogen-bond donors (Lipinski definition) is 0. The molecule has 0 saturated carbocycles. The topological polar surface area (TPSA) is 60.4 Å². The zero-order chi connectivity index (χ0) is 12.5. The highest BCUT2D eigenvalue weighted by Crippen LogP contribution is 2.22. The molecule has 0 N–H and O–H groups in total. The van der Waals surface area contributed by atoms with E-state index in [1.54, 1.807) is 0 Å². The molecule has 1 rings (SSSR count). The monoisotopic (exact) mass is 250 g/mol. The first-order chi connectivity index (χ1) is 7.27. The molecule has 0 aliphatic rings. The van der Waals surface area contributed by atoms with Crippen molar-refractivity contribution in [2.24, 2.45) is 0 Å². The summed E-state index contributed by atoms with van der Waals surface area (Å²) in [5.74, 6) is -2.10. The summed E-state index contributed by atoms with van der Waals surface area (Å²) >= 11 is 0. The number of benzene rings is 1. The van der Waals surface area contributed by atoms with E-state index in [4.69, 9.17) is 0 Å². The second kappa shape index (κ2) is 4.17. The molecule has 0 bridgehead atoms. The maximum absolute atomic E-state index is 13.1. The molecule has 0 fully saturated rings. The van der Waals surface area contributed by atoms with Crippen molar-refractivity contribution in [1.29, 1.82) is 0 Å². The van der Waals surface area contributed by atoms with Crippen molar-refractivity contribution in [2.45, 2.75) is 11.8 Å². The molecule has 0 saturated heterocycles. The van der Waals surface area contributed by atoms with Gasteiger partial charge in [-0.2, -0.15) is 8.42 Å². The molecule has 4 nitrogen and oxygen atoms in total. The van der Waals surface area contributed by atoms with Gasteiger partial charge in [-0.1, -0.05) is 0 Å². The molecule has 0 amide bonds. The Balaban J connectivity index is 3.51. The van der Waals surface area contributed by atoms with Crippen LogP contribution in [0, 0.1) is 12.7 Å². The number of ether oxygens (including phenoxy) is 1. The summed E-state index contributed by atoms with van der Waals surface area (Å²) in [5.41, 5.74) is -0.0307. The summed E-state index contributed by atoms with van der Waals surface area (Å²) in [6, 6.07) is 1.38. The third-order valence-electron chi connectivity index (χ3n) is 1.95. The fraction of sp³-hybridized carbons (Fsp3) is 0.222. The molecule has 0 unspecified atom stereocenters. The highest BCUT2D eigenvalue weighted by molar-refractivity contribution is 7.86. The first kappa shape index (κ1) is 12.6. The van der Waals surface area contributed by atoms with Gasteiger partial charge in [0.2, 0.25) is 0 Å². The van der Waals surface area contributed by atoms with Crippen LogP contribution in [0.3, 0.4) is 0 Å². The van der Waals surface area contributed by atoms with Crippen LogP contribution in [0.15, 0.2) is 17.0 Å². The molecular weight excluding hydrogens is 242 g/mol. The van der Waals surface area contributed by atoms with E-state index in [2.05, 4.69) is 4.74 Å². The van der Waals surface area contributed by atoms with Crippen LogP contribution < -0.4 is 0 Å². The van der Waals surface area contributed by atoms with Gasteiger partial charge in [-0.3, -0.25) is 0 Å². The van der Waals surface area contributed by atoms with Crippen LogP contribution in [-0.4, -0.2) is 21.5 Å². The van der Waals surface area contributed by atoms with Gasteiger partial charge in [0, 0.05) is 0 Å². The van der Waals surface area contributed by atoms with Gasteiger partial charge in [-0.15, -0.1) is 3.89 Å². The van der Waals surface area contributed by atoms with Crippen molar-refractivity contribution in [3.8, 4) is 0 Å². The first-order valence-corrected chi connectivity index (χ1v) is 5.49. The second-order valence-electron chi connectivity index (χ2n) is 3.03. The van der Waals surface area contributed by atoms with E-state index in [-0.39, 0.29) is 11.1 Å². The predicted octanol–water partition coefficient (Wildman–Crippen LogP) is 1.58. The molecule has 0 spiro atoms. The predicted molar refractivity (Wildman–Crippen MR) is 50.8 cm³/mol. The van der Waals surface area contributed by atoms with Crippen LogP contribution in [0.25, 0.3) is 0 Å². The molecule has 7 heteroatoms. The summed E-state index contributed by atoms with van der Waals surface area (Å²) in [6.07, 6.45) is 0. The van der Waals surface area contributed by atoms with E-state index in [0.717, 1.165) is 13.2 Å². The molecule has 0 atom stereocenters. The molecule has 0 aliphatic heterocycles. The van der Waals surface area contributed by atoms with E-state index >= 15 is 0 Å². The molecule has 1 aromatic rings. The maximum Gasteiger partial charge on any atom is 0.338 e. The number of methoxy groups -OCH3 is 1.